The van der Waals surface area contributed by atoms with Gasteiger partial charge in [0.2, 0.25) is 0 Å². The first kappa shape index (κ1) is 21.6. The first-order valence-electron chi connectivity index (χ1n) is 10.1. The van der Waals surface area contributed by atoms with E-state index in [-0.39, 0.29) is 11.4 Å². The summed E-state index contributed by atoms with van der Waals surface area (Å²) in [5, 5.41) is 7.16. The molecule has 5 nitrogen and oxygen atoms in total. The lowest BCUT2D eigenvalue weighted by molar-refractivity contribution is -0.895. The minimum atomic E-state index is -0.171. The van der Waals surface area contributed by atoms with Gasteiger partial charge in [0, 0.05) is 11.2 Å². The van der Waals surface area contributed by atoms with Gasteiger partial charge in [-0.05, 0) is 63.5 Å². The number of hydrogen-bond acceptors (Lipinski definition) is 2. The second-order valence-electron chi connectivity index (χ2n) is 8.44. The summed E-state index contributed by atoms with van der Waals surface area (Å²) in [5.74, 6) is 0.120. The molecule has 0 radical (unpaired) electrons. The minimum Gasteiger partial charge on any atom is -0.347 e. The van der Waals surface area contributed by atoms with Crippen LogP contribution in [0.3, 0.4) is 0 Å². The topological polar surface area (TPSA) is 48.8 Å². The number of unbranched alkanes of at least 4 members (excludes halogenated alkanes) is 1. The Balaban J connectivity index is 1.75. The summed E-state index contributed by atoms with van der Waals surface area (Å²) in [6, 6.07) is 8.57. The zero-order valence-electron chi connectivity index (χ0n) is 17.2. The zero-order chi connectivity index (χ0) is 19.9. The number of quaternary nitrogens is 1. The normalized spacial score (nSPS) is 15.5. The monoisotopic (exact) mass is 391 g/mol. The SMILES string of the molecule is CCCCc1ccc(NC(=S)N2CC[NH+](CC(=O)NC(C)(C)C)CC2)cc1. The van der Waals surface area contributed by atoms with Crippen LogP contribution in [0.15, 0.2) is 24.3 Å². The molecule has 1 saturated heterocycles. The number of benzene rings is 1. The molecule has 1 heterocycles. The highest BCUT2D eigenvalue weighted by Crippen LogP contribution is 2.12. The van der Waals surface area contributed by atoms with Crippen LogP contribution in [-0.4, -0.2) is 54.2 Å². The fourth-order valence-electron chi connectivity index (χ4n) is 3.23. The maximum atomic E-state index is 12.1. The molecule has 2 rings (SSSR count). The smallest absolute Gasteiger partial charge is 0.275 e. The summed E-state index contributed by atoms with van der Waals surface area (Å²) in [7, 11) is 0. The van der Waals surface area contributed by atoms with Crippen LogP contribution in [0.5, 0.6) is 0 Å². The van der Waals surface area contributed by atoms with Gasteiger partial charge in [-0.25, -0.2) is 0 Å². The number of nitrogens with zero attached hydrogens (tertiary/aromatic N) is 1. The number of aryl methyl sites for hydroxylation is 1. The van der Waals surface area contributed by atoms with Gasteiger partial charge in [0.25, 0.3) is 5.91 Å². The lowest BCUT2D eigenvalue weighted by Gasteiger charge is -2.34. The molecule has 150 valence electrons. The van der Waals surface area contributed by atoms with Crippen LogP contribution < -0.4 is 15.5 Å². The number of carbonyl (C=O) groups excluding carboxylic acids is 1. The van der Waals surface area contributed by atoms with Crippen molar-refractivity contribution < 1.29 is 9.69 Å². The molecule has 6 heteroatoms. The number of carbonyl (C=O) groups is 1. The Morgan fingerprint density at radius 1 is 1.19 bits per heavy atom. The van der Waals surface area contributed by atoms with Crippen molar-refractivity contribution in [3.05, 3.63) is 29.8 Å². The van der Waals surface area contributed by atoms with Crippen molar-refractivity contribution in [2.45, 2.75) is 52.5 Å². The molecule has 27 heavy (non-hydrogen) atoms. The summed E-state index contributed by atoms with van der Waals surface area (Å²) in [4.78, 5) is 15.6. The molecule has 1 aromatic carbocycles. The van der Waals surface area contributed by atoms with Gasteiger partial charge in [-0.3, -0.25) is 4.79 Å². The number of amides is 1. The van der Waals surface area contributed by atoms with E-state index in [1.807, 2.05) is 20.8 Å². The van der Waals surface area contributed by atoms with Crippen molar-refractivity contribution >= 4 is 28.9 Å². The average molecular weight is 392 g/mol. The first-order chi connectivity index (χ1) is 12.8. The molecule has 1 aliphatic heterocycles. The van der Waals surface area contributed by atoms with Crippen LogP contribution in [0.2, 0.25) is 0 Å². The fourth-order valence-corrected chi connectivity index (χ4v) is 3.53. The Morgan fingerprint density at radius 3 is 2.37 bits per heavy atom. The van der Waals surface area contributed by atoms with Crippen LogP contribution >= 0.6 is 12.2 Å². The van der Waals surface area contributed by atoms with Crippen LogP contribution in [-0.2, 0) is 11.2 Å². The van der Waals surface area contributed by atoms with Gasteiger partial charge in [-0.1, -0.05) is 25.5 Å². The van der Waals surface area contributed by atoms with E-state index in [1.165, 1.54) is 23.3 Å². The van der Waals surface area contributed by atoms with Crippen molar-refractivity contribution in [2.24, 2.45) is 0 Å². The molecule has 0 bridgehead atoms. The van der Waals surface area contributed by atoms with Gasteiger partial charge in [0.15, 0.2) is 11.7 Å². The summed E-state index contributed by atoms with van der Waals surface area (Å²) in [6.45, 7) is 12.4. The number of hydrogen-bond donors (Lipinski definition) is 3. The van der Waals surface area contributed by atoms with Crippen molar-refractivity contribution in [2.75, 3.05) is 38.0 Å². The van der Waals surface area contributed by atoms with E-state index in [2.05, 4.69) is 46.7 Å². The lowest BCUT2D eigenvalue weighted by atomic mass is 10.1. The highest BCUT2D eigenvalue weighted by Gasteiger charge is 2.25. The summed E-state index contributed by atoms with van der Waals surface area (Å²) in [5.41, 5.74) is 2.24. The third-order valence-electron chi connectivity index (χ3n) is 4.71. The Labute approximate surface area is 169 Å². The van der Waals surface area contributed by atoms with E-state index in [9.17, 15) is 4.79 Å². The van der Waals surface area contributed by atoms with Crippen molar-refractivity contribution in [3.63, 3.8) is 0 Å². The van der Waals surface area contributed by atoms with Crippen molar-refractivity contribution in [3.8, 4) is 0 Å². The highest BCUT2D eigenvalue weighted by atomic mass is 32.1. The molecular formula is C21H35N4OS+. The Kier molecular flexibility index (Phi) is 8.05. The number of nitrogens with one attached hydrogen (secondary N) is 3. The molecule has 0 saturated carbocycles. The largest absolute Gasteiger partial charge is 0.347 e. The molecule has 1 aliphatic rings. The predicted molar refractivity (Wildman–Crippen MR) is 116 cm³/mol. The molecular weight excluding hydrogens is 356 g/mol. The van der Waals surface area contributed by atoms with Gasteiger partial charge in [0.1, 0.15) is 0 Å². The molecule has 0 aromatic heterocycles. The average Bonchev–Trinajstić information content (AvgIpc) is 2.60. The first-order valence-corrected chi connectivity index (χ1v) is 10.5. The highest BCUT2D eigenvalue weighted by molar-refractivity contribution is 7.80. The Morgan fingerprint density at radius 2 is 1.81 bits per heavy atom. The molecule has 0 spiro atoms. The Hall–Kier alpha value is -1.66. The molecule has 3 N–H and O–H groups in total. The summed E-state index contributed by atoms with van der Waals surface area (Å²) >= 11 is 5.58. The van der Waals surface area contributed by atoms with E-state index >= 15 is 0 Å². The second-order valence-corrected chi connectivity index (χ2v) is 8.83. The number of thiocarbonyl (C=S) groups is 1. The molecule has 1 fully saturated rings. The quantitative estimate of drug-likeness (QED) is 0.648. The zero-order valence-corrected chi connectivity index (χ0v) is 18.0. The molecule has 1 aromatic rings. The fraction of sp³-hybridized carbons (Fsp3) is 0.619. The van der Waals surface area contributed by atoms with Crippen LogP contribution in [0, 0.1) is 0 Å². The lowest BCUT2D eigenvalue weighted by Crippen LogP contribution is -3.16. The number of piperazine rings is 1. The van der Waals surface area contributed by atoms with Crippen LogP contribution in [0.4, 0.5) is 5.69 Å². The Bertz CT molecular complexity index is 616. The van der Waals surface area contributed by atoms with Gasteiger partial charge in [-0.2, -0.15) is 0 Å². The van der Waals surface area contributed by atoms with E-state index < -0.39 is 0 Å². The van der Waals surface area contributed by atoms with E-state index in [0.717, 1.165) is 43.4 Å². The van der Waals surface area contributed by atoms with Gasteiger partial charge in [-0.15, -0.1) is 0 Å². The number of rotatable bonds is 6. The van der Waals surface area contributed by atoms with Crippen molar-refractivity contribution in [1.29, 1.82) is 0 Å². The summed E-state index contributed by atoms with van der Waals surface area (Å²) in [6.07, 6.45) is 3.58. The van der Waals surface area contributed by atoms with E-state index in [1.54, 1.807) is 0 Å². The molecule has 0 atom stereocenters. The predicted octanol–water partition coefficient (Wildman–Crippen LogP) is 1.84. The maximum Gasteiger partial charge on any atom is 0.275 e. The maximum absolute atomic E-state index is 12.1. The van der Waals surface area contributed by atoms with Gasteiger partial charge >= 0.3 is 0 Å². The van der Waals surface area contributed by atoms with Crippen LogP contribution in [0.1, 0.15) is 46.1 Å². The van der Waals surface area contributed by atoms with E-state index in [0.29, 0.717) is 6.54 Å². The molecule has 0 aliphatic carbocycles. The van der Waals surface area contributed by atoms with Gasteiger partial charge in [0.05, 0.1) is 26.2 Å². The standard InChI is InChI=1S/C21H34N4OS/c1-5-6-7-17-8-10-18(11-9-17)22-20(27)25-14-12-24(13-15-25)16-19(26)23-21(2,3)4/h8-11H,5-7,12-16H2,1-4H3,(H,22,27)(H,23,26)/p+1. The van der Waals surface area contributed by atoms with Gasteiger partial charge < -0.3 is 20.4 Å². The number of anilines is 1. The minimum absolute atomic E-state index is 0.120. The third-order valence-corrected chi connectivity index (χ3v) is 5.07. The molecule has 1 amide bonds. The third kappa shape index (κ3) is 7.85. The van der Waals surface area contributed by atoms with Crippen molar-refractivity contribution in [1.82, 2.24) is 10.2 Å². The molecule has 0 unspecified atom stereocenters. The second kappa shape index (κ2) is 10.0. The van der Waals surface area contributed by atoms with Crippen LogP contribution in [0.25, 0.3) is 0 Å². The van der Waals surface area contributed by atoms with E-state index in [4.69, 9.17) is 12.2 Å². The summed E-state index contributed by atoms with van der Waals surface area (Å²) < 4.78 is 0.